The van der Waals surface area contributed by atoms with E-state index in [1.807, 2.05) is 24.3 Å². The van der Waals surface area contributed by atoms with E-state index >= 15 is 0 Å². The average Bonchev–Trinajstić information content (AvgIpc) is 3.06. The molecule has 8 heteroatoms. The summed E-state index contributed by atoms with van der Waals surface area (Å²) < 4.78 is 10.4. The average molecular weight is 399 g/mol. The number of amidine groups is 1. The minimum absolute atomic E-state index is 0.0657. The second kappa shape index (κ2) is 9.27. The van der Waals surface area contributed by atoms with Gasteiger partial charge in [-0.05, 0) is 30.3 Å². The van der Waals surface area contributed by atoms with E-state index in [0.717, 1.165) is 11.3 Å². The minimum Gasteiger partial charge on any atom is -0.497 e. The minimum atomic E-state index is -0.505. The Morgan fingerprint density at radius 1 is 1.14 bits per heavy atom. The van der Waals surface area contributed by atoms with E-state index in [1.54, 1.807) is 38.5 Å². The van der Waals surface area contributed by atoms with Gasteiger partial charge >= 0.3 is 0 Å². The number of hydrogen-bond acceptors (Lipinski definition) is 6. The lowest BCUT2D eigenvalue weighted by Crippen LogP contribution is -2.28. The Morgan fingerprint density at radius 2 is 1.89 bits per heavy atom. The van der Waals surface area contributed by atoms with Gasteiger partial charge in [-0.25, -0.2) is 0 Å². The summed E-state index contributed by atoms with van der Waals surface area (Å²) in [4.78, 5) is 28.8. The van der Waals surface area contributed by atoms with Crippen LogP contribution in [0.5, 0.6) is 11.5 Å². The molecule has 2 amide bonds. The van der Waals surface area contributed by atoms with Crippen LogP contribution in [0.15, 0.2) is 53.5 Å². The Bertz CT molecular complexity index is 883. The second-order valence-electron chi connectivity index (χ2n) is 6.01. The SMILES string of the molecule is COc1ccc(NC(=O)C[C@@H]2SC(=NCc3ccccc3OC)NC2=O)cc1. The zero-order chi connectivity index (χ0) is 19.9. The second-order valence-corrected chi connectivity index (χ2v) is 7.20. The summed E-state index contributed by atoms with van der Waals surface area (Å²) in [5.74, 6) is 1.01. The maximum atomic E-state index is 12.2. The molecular weight excluding hydrogens is 378 g/mol. The van der Waals surface area contributed by atoms with Crippen LogP contribution < -0.4 is 20.1 Å². The number of benzene rings is 2. The molecule has 0 aromatic heterocycles. The number of methoxy groups -OCH3 is 2. The van der Waals surface area contributed by atoms with Crippen LogP contribution in [0.4, 0.5) is 5.69 Å². The van der Waals surface area contributed by atoms with E-state index in [9.17, 15) is 9.59 Å². The largest absolute Gasteiger partial charge is 0.497 e. The Kier molecular flexibility index (Phi) is 6.54. The fourth-order valence-corrected chi connectivity index (χ4v) is 3.63. The van der Waals surface area contributed by atoms with Crippen molar-refractivity contribution in [3.05, 3.63) is 54.1 Å². The number of aliphatic imine (C=N–C) groups is 1. The molecule has 2 aromatic rings. The van der Waals surface area contributed by atoms with Crippen LogP contribution in [-0.2, 0) is 16.1 Å². The molecule has 1 atom stereocenters. The number of amides is 2. The number of carbonyl (C=O) groups excluding carboxylic acids is 2. The zero-order valence-corrected chi connectivity index (χ0v) is 16.4. The summed E-state index contributed by atoms with van der Waals surface area (Å²) in [5, 5.41) is 5.52. The molecular formula is C20H21N3O4S. The molecule has 0 bridgehead atoms. The van der Waals surface area contributed by atoms with E-state index < -0.39 is 5.25 Å². The number of nitrogens with zero attached hydrogens (tertiary/aromatic N) is 1. The topological polar surface area (TPSA) is 89.0 Å². The molecule has 0 radical (unpaired) electrons. The monoisotopic (exact) mass is 399 g/mol. The highest BCUT2D eigenvalue weighted by Gasteiger charge is 2.32. The highest BCUT2D eigenvalue weighted by molar-refractivity contribution is 8.15. The van der Waals surface area contributed by atoms with E-state index in [2.05, 4.69) is 15.6 Å². The van der Waals surface area contributed by atoms with Crippen LogP contribution in [-0.4, -0.2) is 36.5 Å². The maximum absolute atomic E-state index is 12.2. The number of anilines is 1. The first-order chi connectivity index (χ1) is 13.6. The van der Waals surface area contributed by atoms with Crippen molar-refractivity contribution >= 4 is 34.4 Å². The van der Waals surface area contributed by atoms with E-state index in [1.165, 1.54) is 11.8 Å². The Hall–Kier alpha value is -3.00. The normalized spacial score (nSPS) is 17.3. The van der Waals surface area contributed by atoms with Gasteiger partial charge in [0.15, 0.2) is 5.17 Å². The summed E-state index contributed by atoms with van der Waals surface area (Å²) in [6.45, 7) is 0.386. The van der Waals surface area contributed by atoms with Crippen molar-refractivity contribution in [3.63, 3.8) is 0 Å². The highest BCUT2D eigenvalue weighted by Crippen LogP contribution is 2.25. The van der Waals surface area contributed by atoms with Crippen molar-refractivity contribution in [2.24, 2.45) is 4.99 Å². The van der Waals surface area contributed by atoms with E-state index in [4.69, 9.17) is 9.47 Å². The number of hydrogen-bond donors (Lipinski definition) is 2. The number of nitrogens with one attached hydrogen (secondary N) is 2. The molecule has 2 aromatic carbocycles. The summed E-state index contributed by atoms with van der Waals surface area (Å²) in [6.07, 6.45) is 0.0657. The van der Waals surface area contributed by atoms with Crippen LogP contribution in [0.2, 0.25) is 0 Å². The fraction of sp³-hybridized carbons (Fsp3) is 0.250. The van der Waals surface area contributed by atoms with Gasteiger partial charge in [0.2, 0.25) is 11.8 Å². The van der Waals surface area contributed by atoms with Crippen LogP contribution >= 0.6 is 11.8 Å². The van der Waals surface area contributed by atoms with E-state index in [0.29, 0.717) is 23.1 Å². The lowest BCUT2D eigenvalue weighted by molar-refractivity contribution is -0.122. The Balaban J connectivity index is 1.55. The molecule has 28 heavy (non-hydrogen) atoms. The number of thioether (sulfide) groups is 1. The first-order valence-electron chi connectivity index (χ1n) is 8.67. The van der Waals surface area contributed by atoms with Crippen molar-refractivity contribution in [2.75, 3.05) is 19.5 Å². The summed E-state index contributed by atoms with van der Waals surface area (Å²) in [5.41, 5.74) is 1.58. The van der Waals surface area contributed by atoms with Crippen molar-refractivity contribution in [1.29, 1.82) is 0 Å². The van der Waals surface area contributed by atoms with Crippen molar-refractivity contribution < 1.29 is 19.1 Å². The Labute approximate surface area is 167 Å². The molecule has 146 valence electrons. The summed E-state index contributed by atoms with van der Waals surface area (Å²) >= 11 is 1.26. The van der Waals surface area contributed by atoms with Crippen LogP contribution in [0.1, 0.15) is 12.0 Å². The van der Waals surface area contributed by atoms with Crippen molar-refractivity contribution in [2.45, 2.75) is 18.2 Å². The van der Waals surface area contributed by atoms with Gasteiger partial charge in [0, 0.05) is 17.7 Å². The van der Waals surface area contributed by atoms with Crippen molar-refractivity contribution in [1.82, 2.24) is 5.32 Å². The van der Waals surface area contributed by atoms with Crippen LogP contribution in [0.3, 0.4) is 0 Å². The van der Waals surface area contributed by atoms with Gasteiger partial charge in [-0.1, -0.05) is 30.0 Å². The lowest BCUT2D eigenvalue weighted by atomic mass is 10.2. The molecule has 0 saturated carbocycles. The summed E-state index contributed by atoms with van der Waals surface area (Å²) in [7, 11) is 3.19. The molecule has 1 fully saturated rings. The molecule has 7 nitrogen and oxygen atoms in total. The standard InChI is InChI=1S/C20H21N3O4S/c1-26-15-9-7-14(8-10-15)22-18(24)11-17-19(25)23-20(28-17)21-12-13-5-3-4-6-16(13)27-2/h3-10,17H,11-12H2,1-2H3,(H,22,24)(H,21,23,25)/t17-/m0/s1. The van der Waals surface area contributed by atoms with Gasteiger partial charge in [-0.3, -0.25) is 14.6 Å². The fourth-order valence-electron chi connectivity index (χ4n) is 2.66. The summed E-state index contributed by atoms with van der Waals surface area (Å²) in [6, 6.07) is 14.6. The number of rotatable bonds is 7. The molecule has 1 aliphatic rings. The van der Waals surface area contributed by atoms with Gasteiger partial charge in [-0.2, -0.15) is 0 Å². The third kappa shape index (κ3) is 5.04. The van der Waals surface area contributed by atoms with Crippen LogP contribution in [0, 0.1) is 0 Å². The zero-order valence-electron chi connectivity index (χ0n) is 15.6. The first-order valence-corrected chi connectivity index (χ1v) is 9.55. The molecule has 0 aliphatic carbocycles. The molecule has 1 heterocycles. The molecule has 1 aliphatic heterocycles. The van der Waals surface area contributed by atoms with Gasteiger partial charge in [0.05, 0.1) is 20.8 Å². The third-order valence-electron chi connectivity index (χ3n) is 4.11. The number of carbonyl (C=O) groups is 2. The smallest absolute Gasteiger partial charge is 0.240 e. The predicted octanol–water partition coefficient (Wildman–Crippen LogP) is 2.82. The van der Waals surface area contributed by atoms with Crippen LogP contribution in [0.25, 0.3) is 0 Å². The van der Waals surface area contributed by atoms with E-state index in [-0.39, 0.29) is 18.2 Å². The third-order valence-corrected chi connectivity index (χ3v) is 5.23. The quantitative estimate of drug-likeness (QED) is 0.747. The molecule has 0 spiro atoms. The maximum Gasteiger partial charge on any atom is 0.240 e. The number of ether oxygens (including phenoxy) is 2. The predicted molar refractivity (Wildman–Crippen MR) is 110 cm³/mol. The molecule has 1 saturated heterocycles. The highest BCUT2D eigenvalue weighted by atomic mass is 32.2. The Morgan fingerprint density at radius 3 is 2.61 bits per heavy atom. The van der Waals surface area contributed by atoms with Gasteiger partial charge in [0.25, 0.3) is 0 Å². The first kappa shape index (κ1) is 19.8. The van der Waals surface area contributed by atoms with Gasteiger partial charge in [0.1, 0.15) is 16.7 Å². The number of para-hydroxylation sites is 1. The lowest BCUT2D eigenvalue weighted by Gasteiger charge is -2.08. The molecule has 3 rings (SSSR count). The molecule has 2 N–H and O–H groups in total. The van der Waals surface area contributed by atoms with Crippen molar-refractivity contribution in [3.8, 4) is 11.5 Å². The van der Waals surface area contributed by atoms with Gasteiger partial charge < -0.3 is 20.1 Å². The molecule has 0 unspecified atom stereocenters. The van der Waals surface area contributed by atoms with Gasteiger partial charge in [-0.15, -0.1) is 0 Å².